The topological polar surface area (TPSA) is 125 Å². The maximum Gasteiger partial charge on any atom is 0.490 e. The van der Waals surface area contributed by atoms with E-state index in [-0.39, 0.29) is 11.7 Å². The summed E-state index contributed by atoms with van der Waals surface area (Å²) in [7, 11) is -3.35. The number of sulfone groups is 1. The first-order valence-electron chi connectivity index (χ1n) is 11.8. The Hall–Kier alpha value is -4.05. The lowest BCUT2D eigenvalue weighted by Gasteiger charge is -2.17. The lowest BCUT2D eigenvalue weighted by Crippen LogP contribution is -2.25. The third kappa shape index (κ3) is 7.82. The Bertz CT molecular complexity index is 1520. The first-order valence-corrected chi connectivity index (χ1v) is 13.3. The van der Waals surface area contributed by atoms with Crippen molar-refractivity contribution in [1.29, 1.82) is 0 Å². The van der Waals surface area contributed by atoms with Crippen molar-refractivity contribution < 1.29 is 59.0 Å². The van der Waals surface area contributed by atoms with Gasteiger partial charge in [0, 0.05) is 37.9 Å². The third-order valence-electron chi connectivity index (χ3n) is 6.23. The quantitative estimate of drug-likeness (QED) is 0.395. The summed E-state index contributed by atoms with van der Waals surface area (Å²) in [5, 5.41) is 13.8. The third-order valence-corrected chi connectivity index (χ3v) is 8.49. The van der Waals surface area contributed by atoms with Gasteiger partial charge in [0.15, 0.2) is 9.84 Å². The summed E-state index contributed by atoms with van der Waals surface area (Å²) in [6.07, 6.45) is -6.66. The van der Waals surface area contributed by atoms with Crippen LogP contribution < -0.4 is 0 Å². The molecular formula is C26H21F7N2O6S. The van der Waals surface area contributed by atoms with Crippen LogP contribution in [0.2, 0.25) is 0 Å². The van der Waals surface area contributed by atoms with Crippen LogP contribution in [0, 0.1) is 5.82 Å². The second-order valence-electron chi connectivity index (χ2n) is 9.11. The van der Waals surface area contributed by atoms with Gasteiger partial charge >= 0.3 is 24.3 Å². The van der Waals surface area contributed by atoms with Crippen molar-refractivity contribution in [2.24, 2.45) is 0 Å². The highest BCUT2D eigenvalue weighted by atomic mass is 32.2. The number of halogens is 7. The highest BCUT2D eigenvalue weighted by Crippen LogP contribution is 2.46. The summed E-state index contributed by atoms with van der Waals surface area (Å²) >= 11 is 0. The molecule has 2 aliphatic heterocycles. The van der Waals surface area contributed by atoms with Crippen LogP contribution in [-0.2, 0) is 26.0 Å². The Labute approximate surface area is 234 Å². The standard InChI is InChI=1S/C22H19FN2O2S.2C2HF3O2/c23-18-5-1-3-15(9-18)12-25-13-20-19-10-16(17-4-2-8-24-11-17)6-7-21(19)28(26,27)22(20)14-25;2*3-2(4,5)1(6)7/h1-11,20,22H,12-14H2;2*(H,6,7). The number of nitrogens with zero attached hydrogens (tertiary/aromatic N) is 2. The molecular weight excluding hydrogens is 601 g/mol. The molecule has 0 radical (unpaired) electrons. The predicted molar refractivity (Wildman–Crippen MR) is 132 cm³/mol. The van der Waals surface area contributed by atoms with Gasteiger partial charge in [0.2, 0.25) is 0 Å². The zero-order chi connectivity index (χ0) is 31.5. The number of hydrogen-bond acceptors (Lipinski definition) is 6. The molecule has 2 aromatic carbocycles. The molecule has 2 atom stereocenters. The summed E-state index contributed by atoms with van der Waals surface area (Å²) in [4.78, 5) is 24.5. The molecule has 5 rings (SSSR count). The number of aromatic nitrogens is 1. The summed E-state index contributed by atoms with van der Waals surface area (Å²) in [5.74, 6) is -5.83. The average Bonchev–Trinajstić information content (AvgIpc) is 3.40. The van der Waals surface area contributed by atoms with Crippen LogP contribution in [-0.4, -0.2) is 71.1 Å². The molecule has 2 aliphatic rings. The Morgan fingerprint density at radius 3 is 2.02 bits per heavy atom. The van der Waals surface area contributed by atoms with Crippen LogP contribution in [0.5, 0.6) is 0 Å². The zero-order valence-corrected chi connectivity index (χ0v) is 21.9. The van der Waals surface area contributed by atoms with E-state index in [0.29, 0.717) is 24.5 Å². The molecule has 1 aromatic heterocycles. The van der Waals surface area contributed by atoms with Gasteiger partial charge in [-0.25, -0.2) is 22.4 Å². The molecule has 2 N–H and O–H groups in total. The fourth-order valence-electron chi connectivity index (χ4n) is 4.46. The van der Waals surface area contributed by atoms with Gasteiger partial charge in [-0.2, -0.15) is 26.3 Å². The highest BCUT2D eigenvalue weighted by molar-refractivity contribution is 7.92. The Morgan fingerprint density at radius 1 is 0.881 bits per heavy atom. The molecule has 2 unspecified atom stereocenters. The Morgan fingerprint density at radius 2 is 1.50 bits per heavy atom. The minimum Gasteiger partial charge on any atom is -0.475 e. The van der Waals surface area contributed by atoms with E-state index in [1.54, 1.807) is 24.5 Å². The first kappa shape index (κ1) is 32.5. The normalized spacial score (nSPS) is 18.9. The molecule has 0 spiro atoms. The van der Waals surface area contributed by atoms with Crippen molar-refractivity contribution in [3.05, 3.63) is 83.9 Å². The molecule has 16 heteroatoms. The molecule has 3 heterocycles. The second kappa shape index (κ2) is 12.4. The number of hydrogen-bond donors (Lipinski definition) is 2. The lowest BCUT2D eigenvalue weighted by molar-refractivity contribution is -0.193. The van der Waals surface area contributed by atoms with Crippen molar-refractivity contribution >= 4 is 21.8 Å². The molecule has 0 saturated carbocycles. The summed E-state index contributed by atoms with van der Waals surface area (Å²) in [6.45, 7) is 1.68. The number of carboxylic acids is 2. The van der Waals surface area contributed by atoms with E-state index in [1.807, 2.05) is 30.3 Å². The Kier molecular flexibility index (Phi) is 9.62. The van der Waals surface area contributed by atoms with Gasteiger partial charge in [0.05, 0.1) is 10.1 Å². The monoisotopic (exact) mass is 622 g/mol. The number of carbonyl (C=O) groups is 2. The SMILES string of the molecule is O=C(O)C(F)(F)F.O=C(O)C(F)(F)F.O=S1(=O)c2ccc(-c3cccnc3)cc2C2CN(Cc3cccc(F)c3)CC21. The van der Waals surface area contributed by atoms with Gasteiger partial charge in [0.25, 0.3) is 0 Å². The van der Waals surface area contributed by atoms with Crippen LogP contribution in [0.25, 0.3) is 11.1 Å². The molecule has 1 saturated heterocycles. The minimum absolute atomic E-state index is 0.0508. The van der Waals surface area contributed by atoms with Gasteiger partial charge in [0.1, 0.15) is 5.82 Å². The van der Waals surface area contributed by atoms with Crippen LogP contribution in [0.4, 0.5) is 30.7 Å². The van der Waals surface area contributed by atoms with Crippen molar-refractivity contribution in [2.45, 2.75) is 35.0 Å². The van der Waals surface area contributed by atoms with Crippen LogP contribution in [0.15, 0.2) is 71.9 Å². The van der Waals surface area contributed by atoms with Crippen LogP contribution in [0.3, 0.4) is 0 Å². The van der Waals surface area contributed by atoms with Gasteiger partial charge < -0.3 is 10.2 Å². The number of likely N-dealkylation sites (tertiary alicyclic amines) is 1. The van der Waals surface area contributed by atoms with E-state index in [2.05, 4.69) is 9.88 Å². The van der Waals surface area contributed by atoms with E-state index in [4.69, 9.17) is 19.8 Å². The number of carboxylic acid groups (broad SMARTS) is 2. The van der Waals surface area contributed by atoms with E-state index in [1.165, 1.54) is 12.1 Å². The molecule has 226 valence electrons. The van der Waals surface area contributed by atoms with E-state index in [9.17, 15) is 39.2 Å². The number of aliphatic carboxylic acids is 2. The fourth-order valence-corrected chi connectivity index (χ4v) is 6.66. The van der Waals surface area contributed by atoms with E-state index >= 15 is 0 Å². The fraction of sp³-hybridized carbons (Fsp3) is 0.269. The highest BCUT2D eigenvalue weighted by Gasteiger charge is 2.50. The van der Waals surface area contributed by atoms with Gasteiger partial charge in [-0.1, -0.05) is 24.3 Å². The average molecular weight is 623 g/mol. The maximum absolute atomic E-state index is 13.5. The van der Waals surface area contributed by atoms with Crippen LogP contribution in [0.1, 0.15) is 17.0 Å². The summed E-state index contributed by atoms with van der Waals surface area (Å²) in [6, 6.07) is 15.9. The van der Waals surface area contributed by atoms with Crippen molar-refractivity contribution in [3.8, 4) is 11.1 Å². The molecule has 0 amide bonds. The smallest absolute Gasteiger partial charge is 0.475 e. The van der Waals surface area contributed by atoms with Gasteiger partial charge in [-0.05, 0) is 52.6 Å². The Balaban J connectivity index is 0.000000289. The number of benzene rings is 2. The van der Waals surface area contributed by atoms with Gasteiger partial charge in [-0.3, -0.25) is 9.88 Å². The molecule has 1 fully saturated rings. The van der Waals surface area contributed by atoms with E-state index < -0.39 is 39.4 Å². The zero-order valence-electron chi connectivity index (χ0n) is 21.1. The van der Waals surface area contributed by atoms with Crippen LogP contribution >= 0.6 is 0 Å². The summed E-state index contributed by atoms with van der Waals surface area (Å²) in [5.41, 5.74) is 3.71. The number of pyridine rings is 1. The molecule has 42 heavy (non-hydrogen) atoms. The second-order valence-corrected chi connectivity index (χ2v) is 11.2. The maximum atomic E-state index is 13.5. The number of alkyl halides is 6. The van der Waals surface area contributed by atoms with Crippen molar-refractivity contribution in [1.82, 2.24) is 9.88 Å². The van der Waals surface area contributed by atoms with Crippen molar-refractivity contribution in [2.75, 3.05) is 13.1 Å². The minimum atomic E-state index is -5.08. The predicted octanol–water partition coefficient (Wildman–Crippen LogP) is 4.91. The van der Waals surface area contributed by atoms with Crippen molar-refractivity contribution in [3.63, 3.8) is 0 Å². The largest absolute Gasteiger partial charge is 0.490 e. The lowest BCUT2D eigenvalue weighted by atomic mass is 9.95. The molecule has 0 aliphatic carbocycles. The summed E-state index contributed by atoms with van der Waals surface area (Å²) < 4.78 is 103. The van der Waals surface area contributed by atoms with E-state index in [0.717, 1.165) is 22.3 Å². The number of fused-ring (bicyclic) bond motifs is 3. The number of rotatable bonds is 3. The molecule has 8 nitrogen and oxygen atoms in total. The first-order chi connectivity index (χ1) is 19.4. The molecule has 3 aromatic rings. The molecule has 0 bridgehead atoms. The van der Waals surface area contributed by atoms with Gasteiger partial charge in [-0.15, -0.1) is 0 Å².